The number of guanidine groups is 1. The van der Waals surface area contributed by atoms with Crippen molar-refractivity contribution < 1.29 is 9.47 Å². The van der Waals surface area contributed by atoms with E-state index in [1.165, 1.54) is 12.8 Å². The highest BCUT2D eigenvalue weighted by atomic mass is 16.5. The summed E-state index contributed by atoms with van der Waals surface area (Å²) >= 11 is 0. The third kappa shape index (κ3) is 5.05. The van der Waals surface area contributed by atoms with Crippen molar-refractivity contribution in [1.29, 1.82) is 0 Å². The third-order valence-electron chi connectivity index (χ3n) is 4.09. The highest BCUT2D eigenvalue weighted by Crippen LogP contribution is 2.28. The Bertz CT molecular complexity index is 531. The predicted molar refractivity (Wildman–Crippen MR) is 94.1 cm³/mol. The van der Waals surface area contributed by atoms with Gasteiger partial charge in [0.2, 0.25) is 0 Å². The van der Waals surface area contributed by atoms with E-state index >= 15 is 0 Å². The molecule has 1 aromatic rings. The van der Waals surface area contributed by atoms with Gasteiger partial charge in [0, 0.05) is 13.1 Å². The lowest BCUT2D eigenvalue weighted by Gasteiger charge is -2.31. The van der Waals surface area contributed by atoms with Gasteiger partial charge in [-0.2, -0.15) is 0 Å². The molecule has 1 unspecified atom stereocenters. The lowest BCUT2D eigenvalue weighted by atomic mass is 10.0. The zero-order valence-electron chi connectivity index (χ0n) is 14.5. The molecule has 128 valence electrons. The first-order chi connectivity index (χ1) is 11.1. The molecule has 1 atom stereocenters. The molecule has 0 radical (unpaired) electrons. The summed E-state index contributed by atoms with van der Waals surface area (Å²) in [7, 11) is 1.66. The fourth-order valence-corrected chi connectivity index (χ4v) is 2.81. The van der Waals surface area contributed by atoms with Crippen LogP contribution in [0.4, 0.5) is 0 Å². The monoisotopic (exact) mass is 319 g/mol. The molecule has 0 aliphatic carbocycles. The number of benzene rings is 1. The first kappa shape index (κ1) is 17.4. The third-order valence-corrected chi connectivity index (χ3v) is 4.09. The number of aliphatic imine (C=N–C) groups is 1. The Kier molecular flexibility index (Phi) is 6.56. The van der Waals surface area contributed by atoms with Crippen LogP contribution in [0.2, 0.25) is 0 Å². The van der Waals surface area contributed by atoms with Gasteiger partial charge in [-0.05, 0) is 42.9 Å². The fraction of sp³-hybridized carbons (Fsp3) is 0.611. The number of likely N-dealkylation sites (tertiary alicyclic amines) is 1. The fourth-order valence-electron chi connectivity index (χ4n) is 2.81. The zero-order chi connectivity index (χ0) is 16.7. The molecule has 2 rings (SSSR count). The average molecular weight is 319 g/mol. The first-order valence-corrected chi connectivity index (χ1v) is 8.48. The summed E-state index contributed by atoms with van der Waals surface area (Å²) in [6.07, 6.45) is 3.44. The van der Waals surface area contributed by atoms with Crippen molar-refractivity contribution in [3.05, 3.63) is 23.8 Å². The van der Waals surface area contributed by atoms with Crippen molar-refractivity contribution in [2.45, 2.75) is 39.7 Å². The van der Waals surface area contributed by atoms with E-state index in [0.29, 0.717) is 25.0 Å². The maximum Gasteiger partial charge on any atom is 0.191 e. The second kappa shape index (κ2) is 8.65. The minimum atomic E-state index is 0.557. The number of ether oxygens (including phenoxy) is 2. The Labute approximate surface area is 139 Å². The number of hydrogen-bond acceptors (Lipinski definition) is 3. The van der Waals surface area contributed by atoms with Crippen molar-refractivity contribution in [3.8, 4) is 11.5 Å². The molecule has 1 fully saturated rings. The second-order valence-corrected chi connectivity index (χ2v) is 6.20. The quantitative estimate of drug-likeness (QED) is 0.647. The average Bonchev–Trinajstić information content (AvgIpc) is 2.58. The Morgan fingerprint density at radius 3 is 2.91 bits per heavy atom. The first-order valence-electron chi connectivity index (χ1n) is 8.48. The van der Waals surface area contributed by atoms with Gasteiger partial charge in [0.05, 0.1) is 20.3 Å². The summed E-state index contributed by atoms with van der Waals surface area (Å²) in [6.45, 7) is 7.60. The number of nitrogens with two attached hydrogens (primary N) is 1. The number of rotatable bonds is 6. The van der Waals surface area contributed by atoms with Crippen LogP contribution in [0.5, 0.6) is 11.5 Å². The van der Waals surface area contributed by atoms with Crippen LogP contribution in [0.1, 0.15) is 38.7 Å². The van der Waals surface area contributed by atoms with E-state index in [2.05, 4.69) is 23.7 Å². The van der Waals surface area contributed by atoms with E-state index in [-0.39, 0.29) is 0 Å². The zero-order valence-corrected chi connectivity index (χ0v) is 14.5. The standard InChI is InChI=1S/C18H29N3O2/c1-4-10-23-16-8-7-15(11-17(16)22-3)12-20-18(19)21-9-5-6-14(2)13-21/h7-8,11,14H,4-6,9-10,12-13H2,1-3H3,(H2,19,20). The minimum Gasteiger partial charge on any atom is -0.493 e. The summed E-state index contributed by atoms with van der Waals surface area (Å²) in [5, 5.41) is 0. The smallest absolute Gasteiger partial charge is 0.191 e. The van der Waals surface area contributed by atoms with Gasteiger partial charge in [-0.25, -0.2) is 4.99 Å². The number of methoxy groups -OCH3 is 1. The largest absolute Gasteiger partial charge is 0.493 e. The topological polar surface area (TPSA) is 60.1 Å². The van der Waals surface area contributed by atoms with Gasteiger partial charge in [-0.1, -0.05) is 19.9 Å². The molecule has 23 heavy (non-hydrogen) atoms. The molecule has 0 spiro atoms. The molecular formula is C18H29N3O2. The van der Waals surface area contributed by atoms with Crippen LogP contribution in [0.25, 0.3) is 0 Å². The van der Waals surface area contributed by atoms with Gasteiger partial charge >= 0.3 is 0 Å². The molecule has 5 heteroatoms. The van der Waals surface area contributed by atoms with E-state index in [4.69, 9.17) is 15.2 Å². The Hall–Kier alpha value is -1.91. The number of piperidine rings is 1. The van der Waals surface area contributed by atoms with E-state index in [0.717, 1.165) is 36.6 Å². The SMILES string of the molecule is CCCOc1ccc(CN=C(N)N2CCCC(C)C2)cc1OC. The highest BCUT2D eigenvalue weighted by molar-refractivity contribution is 5.78. The molecule has 0 bridgehead atoms. The van der Waals surface area contributed by atoms with Gasteiger partial charge in [0.25, 0.3) is 0 Å². The summed E-state index contributed by atoms with van der Waals surface area (Å²) in [5.41, 5.74) is 7.21. The predicted octanol–water partition coefficient (Wildman–Crippen LogP) is 3.03. The summed E-state index contributed by atoms with van der Waals surface area (Å²) in [5.74, 6) is 2.85. The summed E-state index contributed by atoms with van der Waals surface area (Å²) in [4.78, 5) is 6.73. The van der Waals surface area contributed by atoms with Crippen LogP contribution in [-0.4, -0.2) is 37.7 Å². The van der Waals surface area contributed by atoms with Crippen LogP contribution >= 0.6 is 0 Å². The highest BCUT2D eigenvalue weighted by Gasteiger charge is 2.17. The molecule has 1 aromatic carbocycles. The Balaban J connectivity index is 2.00. The van der Waals surface area contributed by atoms with Crippen molar-refractivity contribution in [3.63, 3.8) is 0 Å². The molecule has 1 aliphatic rings. The molecule has 0 saturated carbocycles. The molecule has 0 amide bonds. The van der Waals surface area contributed by atoms with Gasteiger partial charge in [0.15, 0.2) is 17.5 Å². The van der Waals surface area contributed by atoms with Gasteiger partial charge in [0.1, 0.15) is 0 Å². The molecular weight excluding hydrogens is 290 g/mol. The lowest BCUT2D eigenvalue weighted by molar-refractivity contribution is 0.270. The van der Waals surface area contributed by atoms with Crippen molar-refractivity contribution in [2.24, 2.45) is 16.6 Å². The number of hydrogen-bond donors (Lipinski definition) is 1. The van der Waals surface area contributed by atoms with Crippen LogP contribution in [0.3, 0.4) is 0 Å². The lowest BCUT2D eigenvalue weighted by Crippen LogP contribution is -2.43. The van der Waals surface area contributed by atoms with Crippen molar-refractivity contribution >= 4 is 5.96 Å². The maximum absolute atomic E-state index is 6.14. The van der Waals surface area contributed by atoms with E-state index in [1.807, 2.05) is 18.2 Å². The van der Waals surface area contributed by atoms with Crippen molar-refractivity contribution in [2.75, 3.05) is 26.8 Å². The molecule has 1 heterocycles. The van der Waals surface area contributed by atoms with Crippen LogP contribution in [0, 0.1) is 5.92 Å². The Morgan fingerprint density at radius 1 is 1.39 bits per heavy atom. The molecule has 1 saturated heterocycles. The van der Waals surface area contributed by atoms with E-state index in [9.17, 15) is 0 Å². The van der Waals surface area contributed by atoms with Crippen molar-refractivity contribution in [1.82, 2.24) is 4.90 Å². The normalized spacial score (nSPS) is 18.8. The van der Waals surface area contributed by atoms with E-state index < -0.39 is 0 Å². The molecule has 5 nitrogen and oxygen atoms in total. The second-order valence-electron chi connectivity index (χ2n) is 6.20. The van der Waals surface area contributed by atoms with E-state index in [1.54, 1.807) is 7.11 Å². The van der Waals surface area contributed by atoms with Crippen LogP contribution < -0.4 is 15.2 Å². The summed E-state index contributed by atoms with van der Waals surface area (Å²) < 4.78 is 11.1. The number of nitrogens with zero attached hydrogens (tertiary/aromatic N) is 2. The minimum absolute atomic E-state index is 0.557. The van der Waals surface area contributed by atoms with Gasteiger partial charge in [-0.3, -0.25) is 0 Å². The summed E-state index contributed by atoms with van der Waals surface area (Å²) in [6, 6.07) is 5.93. The van der Waals surface area contributed by atoms with Crippen LogP contribution in [-0.2, 0) is 6.54 Å². The van der Waals surface area contributed by atoms with Gasteiger partial charge in [-0.15, -0.1) is 0 Å². The molecule has 1 aliphatic heterocycles. The molecule has 2 N–H and O–H groups in total. The maximum atomic E-state index is 6.14. The van der Waals surface area contributed by atoms with Gasteiger partial charge < -0.3 is 20.1 Å². The Morgan fingerprint density at radius 2 is 2.22 bits per heavy atom. The van der Waals surface area contributed by atoms with Crippen LogP contribution in [0.15, 0.2) is 23.2 Å². The molecule has 0 aromatic heterocycles.